The molecule has 1 saturated heterocycles. The molecule has 2 heterocycles. The van der Waals surface area contributed by atoms with E-state index in [-0.39, 0.29) is 41.8 Å². The second-order valence-electron chi connectivity index (χ2n) is 6.86. The summed E-state index contributed by atoms with van der Waals surface area (Å²) in [5.74, 6) is -1.78. The molecule has 2 amide bonds. The lowest BCUT2D eigenvalue weighted by Gasteiger charge is -2.23. The second-order valence-corrected chi connectivity index (χ2v) is 7.81. The molecule has 0 saturated carbocycles. The number of amides is 2. The number of nitrogens with one attached hydrogen (secondary N) is 1. The number of likely N-dealkylation sites (tertiary alicyclic amines) is 1. The molecule has 0 radical (unpaired) electrons. The van der Waals surface area contributed by atoms with Gasteiger partial charge in [0.1, 0.15) is 6.04 Å². The number of ether oxygens (including phenoxy) is 2. The van der Waals surface area contributed by atoms with Gasteiger partial charge < -0.3 is 19.7 Å². The van der Waals surface area contributed by atoms with Crippen molar-refractivity contribution in [1.82, 2.24) is 4.90 Å². The van der Waals surface area contributed by atoms with Gasteiger partial charge in [-0.1, -0.05) is 6.07 Å². The Morgan fingerprint density at radius 2 is 1.71 bits per heavy atom. The number of carbonyl (C=O) groups is 4. The van der Waals surface area contributed by atoms with Gasteiger partial charge in [0.15, 0.2) is 0 Å². The van der Waals surface area contributed by atoms with E-state index in [9.17, 15) is 19.2 Å². The normalized spacial score (nSPS) is 15.4. The number of hydrogen-bond acceptors (Lipinski definition) is 7. The van der Waals surface area contributed by atoms with Gasteiger partial charge in [0.05, 0.1) is 29.2 Å². The highest BCUT2D eigenvalue weighted by Crippen LogP contribution is 2.24. The molecule has 1 atom stereocenters. The fraction of sp³-hybridized carbons (Fsp3) is 0.364. The Bertz CT molecular complexity index is 936. The van der Waals surface area contributed by atoms with E-state index >= 15 is 0 Å². The van der Waals surface area contributed by atoms with Crippen LogP contribution in [0.2, 0.25) is 0 Å². The molecule has 0 unspecified atom stereocenters. The first kappa shape index (κ1) is 22.5. The minimum Gasteiger partial charge on any atom is -0.462 e. The zero-order valence-corrected chi connectivity index (χ0v) is 18.2. The van der Waals surface area contributed by atoms with Crippen molar-refractivity contribution in [3.05, 3.63) is 51.7 Å². The molecule has 8 nitrogen and oxygen atoms in total. The maximum Gasteiger partial charge on any atom is 0.338 e. The van der Waals surface area contributed by atoms with Crippen LogP contribution in [0.3, 0.4) is 0 Å². The van der Waals surface area contributed by atoms with Gasteiger partial charge in [0.2, 0.25) is 5.91 Å². The number of carbonyl (C=O) groups excluding carboxylic acids is 4. The third kappa shape index (κ3) is 5.29. The van der Waals surface area contributed by atoms with E-state index in [1.165, 1.54) is 29.5 Å². The summed E-state index contributed by atoms with van der Waals surface area (Å²) in [6.45, 7) is 4.19. The molecule has 0 spiro atoms. The molecule has 164 valence electrons. The summed E-state index contributed by atoms with van der Waals surface area (Å²) in [5, 5.41) is 4.56. The van der Waals surface area contributed by atoms with Gasteiger partial charge in [-0.15, -0.1) is 11.3 Å². The van der Waals surface area contributed by atoms with E-state index in [4.69, 9.17) is 9.47 Å². The SMILES string of the molecule is CCOC(=O)c1cc(NC(=O)[C@@H]2CCCN2C(=O)c2cccs2)cc(C(=O)OCC)c1. The fourth-order valence-corrected chi connectivity index (χ4v) is 4.09. The minimum absolute atomic E-state index is 0.126. The lowest BCUT2D eigenvalue weighted by atomic mass is 10.1. The van der Waals surface area contributed by atoms with Crippen molar-refractivity contribution in [1.29, 1.82) is 0 Å². The van der Waals surface area contributed by atoms with Crippen LogP contribution in [0, 0.1) is 0 Å². The van der Waals surface area contributed by atoms with Crippen molar-refractivity contribution in [2.24, 2.45) is 0 Å². The molecular formula is C22H24N2O6S. The lowest BCUT2D eigenvalue weighted by molar-refractivity contribution is -0.119. The van der Waals surface area contributed by atoms with Crippen molar-refractivity contribution in [3.63, 3.8) is 0 Å². The molecule has 2 aromatic rings. The van der Waals surface area contributed by atoms with Crippen molar-refractivity contribution in [2.75, 3.05) is 25.1 Å². The summed E-state index contributed by atoms with van der Waals surface area (Å²) < 4.78 is 10.0. The molecule has 3 rings (SSSR count). The Morgan fingerprint density at radius 1 is 1.06 bits per heavy atom. The smallest absolute Gasteiger partial charge is 0.338 e. The van der Waals surface area contributed by atoms with Crippen LogP contribution in [-0.2, 0) is 14.3 Å². The first-order valence-corrected chi connectivity index (χ1v) is 11.0. The van der Waals surface area contributed by atoms with Gasteiger partial charge in [0, 0.05) is 12.2 Å². The minimum atomic E-state index is -0.633. The monoisotopic (exact) mass is 444 g/mol. The lowest BCUT2D eigenvalue weighted by Crippen LogP contribution is -2.43. The molecule has 0 bridgehead atoms. The molecule has 1 fully saturated rings. The van der Waals surface area contributed by atoms with Crippen LogP contribution in [0.5, 0.6) is 0 Å². The van der Waals surface area contributed by atoms with E-state index in [0.717, 1.165) is 0 Å². The zero-order chi connectivity index (χ0) is 22.4. The van der Waals surface area contributed by atoms with E-state index < -0.39 is 18.0 Å². The third-order valence-corrected chi connectivity index (χ3v) is 5.63. The van der Waals surface area contributed by atoms with Crippen molar-refractivity contribution in [3.8, 4) is 0 Å². The number of nitrogens with zero attached hydrogens (tertiary/aromatic N) is 1. The highest BCUT2D eigenvalue weighted by molar-refractivity contribution is 7.12. The van der Waals surface area contributed by atoms with Crippen molar-refractivity contribution < 1.29 is 28.7 Å². The van der Waals surface area contributed by atoms with Crippen LogP contribution < -0.4 is 5.32 Å². The summed E-state index contributed by atoms with van der Waals surface area (Å²) in [7, 11) is 0. The van der Waals surface area contributed by atoms with Crippen molar-refractivity contribution in [2.45, 2.75) is 32.7 Å². The Balaban J connectivity index is 1.82. The number of rotatable bonds is 7. The number of thiophene rings is 1. The number of anilines is 1. The van der Waals surface area contributed by atoms with E-state index in [0.29, 0.717) is 24.3 Å². The summed E-state index contributed by atoms with van der Waals surface area (Å²) >= 11 is 1.33. The number of benzene rings is 1. The average molecular weight is 445 g/mol. The van der Waals surface area contributed by atoms with Gasteiger partial charge in [-0.25, -0.2) is 9.59 Å². The number of esters is 2. The van der Waals surface area contributed by atoms with Crippen LogP contribution in [-0.4, -0.2) is 54.5 Å². The topological polar surface area (TPSA) is 102 Å². The van der Waals surface area contributed by atoms with Gasteiger partial charge in [-0.05, 0) is 56.3 Å². The first-order valence-electron chi connectivity index (χ1n) is 10.1. The summed E-state index contributed by atoms with van der Waals surface area (Å²) in [6.07, 6.45) is 1.25. The largest absolute Gasteiger partial charge is 0.462 e. The molecule has 1 aliphatic heterocycles. The van der Waals surface area contributed by atoms with E-state index in [2.05, 4.69) is 5.32 Å². The highest BCUT2D eigenvalue weighted by atomic mass is 32.1. The van der Waals surface area contributed by atoms with Crippen LogP contribution in [0.25, 0.3) is 0 Å². The molecule has 1 N–H and O–H groups in total. The first-order chi connectivity index (χ1) is 14.9. The molecule has 1 aliphatic rings. The van der Waals surface area contributed by atoms with E-state index in [1.54, 1.807) is 30.9 Å². The summed E-state index contributed by atoms with van der Waals surface area (Å²) in [4.78, 5) is 52.3. The number of hydrogen-bond donors (Lipinski definition) is 1. The maximum atomic E-state index is 13.0. The van der Waals surface area contributed by atoms with Crippen LogP contribution in [0.15, 0.2) is 35.7 Å². The zero-order valence-electron chi connectivity index (χ0n) is 17.4. The van der Waals surface area contributed by atoms with Gasteiger partial charge in [-0.2, -0.15) is 0 Å². The molecule has 1 aromatic heterocycles. The maximum absolute atomic E-state index is 13.0. The fourth-order valence-electron chi connectivity index (χ4n) is 3.41. The van der Waals surface area contributed by atoms with Gasteiger partial charge >= 0.3 is 11.9 Å². The third-order valence-electron chi connectivity index (χ3n) is 4.77. The van der Waals surface area contributed by atoms with Crippen LogP contribution in [0.1, 0.15) is 57.1 Å². The average Bonchev–Trinajstić information content (AvgIpc) is 3.45. The molecule has 9 heteroatoms. The second kappa shape index (κ2) is 10.2. The predicted molar refractivity (Wildman–Crippen MR) is 115 cm³/mol. The van der Waals surface area contributed by atoms with Gasteiger partial charge in [0.25, 0.3) is 5.91 Å². The predicted octanol–water partition coefficient (Wildman–Crippen LogP) is 3.34. The molecule has 31 heavy (non-hydrogen) atoms. The van der Waals surface area contributed by atoms with Crippen LogP contribution in [0.4, 0.5) is 5.69 Å². The summed E-state index contributed by atoms with van der Waals surface area (Å²) in [6, 6.07) is 7.15. The molecule has 0 aliphatic carbocycles. The highest BCUT2D eigenvalue weighted by Gasteiger charge is 2.35. The Morgan fingerprint density at radius 3 is 2.26 bits per heavy atom. The van der Waals surface area contributed by atoms with E-state index in [1.807, 2.05) is 5.38 Å². The molecular weight excluding hydrogens is 420 g/mol. The Labute approximate surface area is 184 Å². The standard InChI is InChI=1S/C22H24N2O6S/c1-3-29-21(27)14-11-15(22(28)30-4-2)13-16(12-14)23-19(25)17-7-5-9-24(17)20(26)18-8-6-10-31-18/h6,8,10-13,17H,3-5,7,9H2,1-2H3,(H,23,25)/t17-/m0/s1. The Kier molecular flexibility index (Phi) is 7.41. The van der Waals surface area contributed by atoms with Gasteiger partial charge in [-0.3, -0.25) is 9.59 Å². The quantitative estimate of drug-likeness (QED) is 0.657. The van der Waals surface area contributed by atoms with Crippen LogP contribution >= 0.6 is 11.3 Å². The molecule has 1 aromatic carbocycles. The Hall–Kier alpha value is -3.20. The summed E-state index contributed by atoms with van der Waals surface area (Å²) in [5.41, 5.74) is 0.510. The van der Waals surface area contributed by atoms with Crippen molar-refractivity contribution >= 4 is 40.8 Å².